The second kappa shape index (κ2) is 12.1. The van der Waals surface area contributed by atoms with Gasteiger partial charge in [-0.2, -0.15) is 0 Å². The van der Waals surface area contributed by atoms with Gasteiger partial charge in [0, 0.05) is 25.1 Å². The van der Waals surface area contributed by atoms with Gasteiger partial charge in [-0.15, -0.1) is 0 Å². The number of nitrogens with one attached hydrogen (secondary N) is 2. The molecule has 1 atom stereocenters. The highest BCUT2D eigenvalue weighted by Gasteiger charge is 2.21. The van der Waals surface area contributed by atoms with Crippen LogP contribution in [0.25, 0.3) is 0 Å². The molecule has 30 heavy (non-hydrogen) atoms. The number of hydrogen-bond donors (Lipinski definition) is 2. The minimum absolute atomic E-state index is 0.166. The van der Waals surface area contributed by atoms with E-state index in [0.29, 0.717) is 31.2 Å². The van der Waals surface area contributed by atoms with E-state index in [4.69, 9.17) is 4.74 Å². The fraction of sp³-hybridized carbons (Fsp3) is 0.440. The van der Waals surface area contributed by atoms with E-state index in [1.165, 1.54) is 19.3 Å². The van der Waals surface area contributed by atoms with Crippen molar-refractivity contribution in [2.75, 3.05) is 13.2 Å². The fourth-order valence-corrected chi connectivity index (χ4v) is 3.78. The van der Waals surface area contributed by atoms with E-state index in [1.807, 2.05) is 48.5 Å². The van der Waals surface area contributed by atoms with E-state index in [9.17, 15) is 9.59 Å². The van der Waals surface area contributed by atoms with Gasteiger partial charge in [0.15, 0.2) is 0 Å². The van der Waals surface area contributed by atoms with Crippen LogP contribution >= 0.6 is 0 Å². The third kappa shape index (κ3) is 7.30. The minimum Gasteiger partial charge on any atom is -0.378 e. The summed E-state index contributed by atoms with van der Waals surface area (Å²) in [6, 6.07) is 18.1. The Bertz CT molecular complexity index is 773. The highest BCUT2D eigenvalue weighted by molar-refractivity contribution is 5.97. The number of ether oxygens (including phenoxy) is 1. The first kappa shape index (κ1) is 22.0. The van der Waals surface area contributed by atoms with E-state index in [1.54, 1.807) is 12.1 Å². The van der Waals surface area contributed by atoms with E-state index in [-0.39, 0.29) is 11.8 Å². The van der Waals surface area contributed by atoms with E-state index in [2.05, 4.69) is 10.6 Å². The topological polar surface area (TPSA) is 67.4 Å². The predicted molar refractivity (Wildman–Crippen MR) is 118 cm³/mol. The summed E-state index contributed by atoms with van der Waals surface area (Å²) in [5.74, 6) is -0.409. The number of hydrogen-bond acceptors (Lipinski definition) is 3. The third-order valence-corrected chi connectivity index (χ3v) is 5.47. The van der Waals surface area contributed by atoms with Crippen molar-refractivity contribution in [2.24, 2.45) is 0 Å². The van der Waals surface area contributed by atoms with Crippen molar-refractivity contribution in [1.29, 1.82) is 0 Å². The SMILES string of the molecule is O=C(N[C@@H](Cc1ccccc1)C(=O)NCCCOC1CCCCC1)c1ccccc1. The van der Waals surface area contributed by atoms with Gasteiger partial charge in [-0.3, -0.25) is 9.59 Å². The van der Waals surface area contributed by atoms with Crippen LogP contribution in [-0.4, -0.2) is 37.1 Å². The maximum Gasteiger partial charge on any atom is 0.251 e. The number of benzene rings is 2. The van der Waals surface area contributed by atoms with Gasteiger partial charge in [-0.25, -0.2) is 0 Å². The van der Waals surface area contributed by atoms with Crippen molar-refractivity contribution >= 4 is 11.8 Å². The summed E-state index contributed by atoms with van der Waals surface area (Å²) < 4.78 is 5.92. The maximum atomic E-state index is 12.8. The Hall–Kier alpha value is -2.66. The average Bonchev–Trinajstić information content (AvgIpc) is 2.80. The molecule has 1 aliphatic rings. The molecular formula is C25H32N2O3. The molecule has 5 heteroatoms. The molecule has 0 radical (unpaired) electrons. The molecule has 0 unspecified atom stereocenters. The van der Waals surface area contributed by atoms with Crippen molar-refractivity contribution in [2.45, 2.75) is 57.1 Å². The molecule has 0 aromatic heterocycles. The summed E-state index contributed by atoms with van der Waals surface area (Å²) in [5, 5.41) is 5.86. The fourth-order valence-electron chi connectivity index (χ4n) is 3.78. The second-order valence-corrected chi connectivity index (χ2v) is 7.86. The van der Waals surface area contributed by atoms with Crippen molar-refractivity contribution in [3.63, 3.8) is 0 Å². The Morgan fingerprint density at radius 3 is 2.30 bits per heavy atom. The molecular weight excluding hydrogens is 376 g/mol. The molecule has 3 rings (SSSR count). The van der Waals surface area contributed by atoms with Crippen LogP contribution in [0.3, 0.4) is 0 Å². The van der Waals surface area contributed by atoms with Crippen LogP contribution in [0, 0.1) is 0 Å². The van der Waals surface area contributed by atoms with Crippen LogP contribution in [0.4, 0.5) is 0 Å². The van der Waals surface area contributed by atoms with Gasteiger partial charge in [0.1, 0.15) is 6.04 Å². The lowest BCUT2D eigenvalue weighted by atomic mass is 9.98. The van der Waals surface area contributed by atoms with Crippen molar-refractivity contribution < 1.29 is 14.3 Å². The Labute approximate surface area is 179 Å². The molecule has 1 aliphatic carbocycles. The first-order chi connectivity index (χ1) is 14.7. The Balaban J connectivity index is 1.49. The van der Waals surface area contributed by atoms with Gasteiger partial charge >= 0.3 is 0 Å². The molecule has 1 saturated carbocycles. The van der Waals surface area contributed by atoms with E-state index < -0.39 is 6.04 Å². The molecule has 0 saturated heterocycles. The molecule has 0 bridgehead atoms. The Kier molecular flexibility index (Phi) is 8.91. The minimum atomic E-state index is -0.626. The molecule has 0 heterocycles. The molecule has 2 aromatic carbocycles. The largest absolute Gasteiger partial charge is 0.378 e. The van der Waals surface area contributed by atoms with Gasteiger partial charge < -0.3 is 15.4 Å². The van der Waals surface area contributed by atoms with E-state index in [0.717, 1.165) is 24.8 Å². The molecule has 2 N–H and O–H groups in total. The summed E-state index contributed by atoms with van der Waals surface area (Å²) in [6.07, 6.45) is 7.72. The van der Waals surface area contributed by atoms with Gasteiger partial charge in [0.2, 0.25) is 5.91 Å². The zero-order chi connectivity index (χ0) is 21.0. The van der Waals surface area contributed by atoms with Crippen molar-refractivity contribution in [3.8, 4) is 0 Å². The summed E-state index contributed by atoms with van der Waals surface area (Å²) in [7, 11) is 0. The first-order valence-corrected chi connectivity index (χ1v) is 11.0. The maximum absolute atomic E-state index is 12.8. The van der Waals surface area contributed by atoms with Crippen LogP contribution in [0.1, 0.15) is 54.4 Å². The van der Waals surface area contributed by atoms with Crippen LogP contribution in [-0.2, 0) is 16.0 Å². The first-order valence-electron chi connectivity index (χ1n) is 11.0. The molecule has 0 spiro atoms. The van der Waals surface area contributed by atoms with Crippen LogP contribution in [0.2, 0.25) is 0 Å². The highest BCUT2D eigenvalue weighted by Crippen LogP contribution is 2.20. The number of carbonyl (C=O) groups excluding carboxylic acids is 2. The number of carbonyl (C=O) groups is 2. The molecule has 5 nitrogen and oxygen atoms in total. The van der Waals surface area contributed by atoms with Gasteiger partial charge in [0.05, 0.1) is 6.10 Å². The zero-order valence-electron chi connectivity index (χ0n) is 17.5. The number of amides is 2. The Morgan fingerprint density at radius 1 is 0.933 bits per heavy atom. The third-order valence-electron chi connectivity index (χ3n) is 5.47. The normalized spacial score (nSPS) is 15.3. The van der Waals surface area contributed by atoms with Crippen LogP contribution in [0.5, 0.6) is 0 Å². The monoisotopic (exact) mass is 408 g/mol. The summed E-state index contributed by atoms with van der Waals surface area (Å²) in [4.78, 5) is 25.4. The second-order valence-electron chi connectivity index (χ2n) is 7.86. The average molecular weight is 409 g/mol. The molecule has 2 amide bonds. The van der Waals surface area contributed by atoms with Gasteiger partial charge in [-0.1, -0.05) is 67.8 Å². The lowest BCUT2D eigenvalue weighted by molar-refractivity contribution is -0.123. The standard InChI is InChI=1S/C25H32N2O3/c28-24(21-13-6-2-7-14-21)27-23(19-20-11-4-1-5-12-20)25(29)26-17-10-18-30-22-15-8-3-9-16-22/h1-2,4-7,11-14,22-23H,3,8-10,15-19H2,(H,26,29)(H,27,28)/t23-/m0/s1. The van der Waals surface area contributed by atoms with Crippen LogP contribution < -0.4 is 10.6 Å². The predicted octanol–water partition coefficient (Wildman–Crippen LogP) is 3.88. The summed E-state index contributed by atoms with van der Waals surface area (Å²) in [5.41, 5.74) is 1.55. The zero-order valence-corrected chi connectivity index (χ0v) is 17.5. The Morgan fingerprint density at radius 2 is 1.60 bits per heavy atom. The van der Waals surface area contributed by atoms with Crippen molar-refractivity contribution in [3.05, 3.63) is 71.8 Å². The van der Waals surface area contributed by atoms with Crippen LogP contribution in [0.15, 0.2) is 60.7 Å². The quantitative estimate of drug-likeness (QED) is 0.586. The van der Waals surface area contributed by atoms with Gasteiger partial charge in [0.25, 0.3) is 5.91 Å². The lowest BCUT2D eigenvalue weighted by Crippen LogP contribution is -2.48. The lowest BCUT2D eigenvalue weighted by Gasteiger charge is -2.22. The van der Waals surface area contributed by atoms with Crippen molar-refractivity contribution in [1.82, 2.24) is 10.6 Å². The molecule has 0 aliphatic heterocycles. The van der Waals surface area contributed by atoms with Gasteiger partial charge in [-0.05, 0) is 37.0 Å². The van der Waals surface area contributed by atoms with E-state index >= 15 is 0 Å². The molecule has 2 aromatic rings. The summed E-state index contributed by atoms with van der Waals surface area (Å²) in [6.45, 7) is 1.20. The molecule has 1 fully saturated rings. The summed E-state index contributed by atoms with van der Waals surface area (Å²) >= 11 is 0. The number of rotatable bonds is 10. The smallest absolute Gasteiger partial charge is 0.251 e. The molecule has 160 valence electrons. The highest BCUT2D eigenvalue weighted by atomic mass is 16.5.